The van der Waals surface area contributed by atoms with Gasteiger partial charge in [-0.3, -0.25) is 4.79 Å². The Bertz CT molecular complexity index is 151. The van der Waals surface area contributed by atoms with E-state index in [1.54, 1.807) is 0 Å². The van der Waals surface area contributed by atoms with Crippen molar-refractivity contribution in [1.82, 2.24) is 0 Å². The summed E-state index contributed by atoms with van der Waals surface area (Å²) in [6.07, 6.45) is 0.317. The van der Waals surface area contributed by atoms with E-state index in [0.29, 0.717) is 6.42 Å². The van der Waals surface area contributed by atoms with Crippen LogP contribution in [-0.4, -0.2) is 33.4 Å². The van der Waals surface area contributed by atoms with Crippen molar-refractivity contribution >= 4 is 11.8 Å². The summed E-state index contributed by atoms with van der Waals surface area (Å²) in [4.78, 5) is 19.8. The van der Waals surface area contributed by atoms with Crippen LogP contribution >= 0.6 is 0 Å². The molecule has 0 aliphatic heterocycles. The molecule has 0 unspecified atom stereocenters. The summed E-state index contributed by atoms with van der Waals surface area (Å²) in [6, 6.07) is 0. The molecular formula is C9H18O5. The summed E-state index contributed by atoms with van der Waals surface area (Å²) >= 11 is 0. The minimum absolute atomic E-state index is 0.0463. The Hall–Kier alpha value is -0.940. The van der Waals surface area contributed by atoms with Crippen LogP contribution in [0.25, 0.3) is 0 Å². The van der Waals surface area contributed by atoms with Gasteiger partial charge in [0.05, 0.1) is 6.42 Å². The van der Waals surface area contributed by atoms with E-state index < -0.39 is 12.3 Å². The number of ketones is 1. The second kappa shape index (κ2) is 10.1. The number of Topliss-reactive ketones (excluding diaryl/α,β-unsaturated/α-hetero) is 1. The lowest BCUT2D eigenvalue weighted by molar-refractivity contribution is -0.138. The van der Waals surface area contributed by atoms with Gasteiger partial charge in [-0.05, 0) is 13.3 Å². The summed E-state index contributed by atoms with van der Waals surface area (Å²) in [5, 5.41) is 24.2. The SMILES string of the molecule is CC(=O)CCC(=O)O.CCCC(O)O. The number of rotatable bonds is 5. The molecule has 0 aliphatic carbocycles. The van der Waals surface area contributed by atoms with Gasteiger partial charge in [0.15, 0.2) is 6.29 Å². The zero-order valence-electron chi connectivity index (χ0n) is 8.56. The first-order chi connectivity index (χ1) is 6.40. The second-order valence-corrected chi connectivity index (χ2v) is 2.87. The van der Waals surface area contributed by atoms with Crippen LogP contribution in [0.15, 0.2) is 0 Å². The van der Waals surface area contributed by atoms with Crippen molar-refractivity contribution in [2.45, 2.75) is 45.8 Å². The van der Waals surface area contributed by atoms with Crippen LogP contribution in [0, 0.1) is 0 Å². The number of hydrogen-bond donors (Lipinski definition) is 3. The average molecular weight is 206 g/mol. The summed E-state index contributed by atoms with van der Waals surface area (Å²) in [7, 11) is 0. The molecule has 0 aliphatic rings. The van der Waals surface area contributed by atoms with E-state index in [1.165, 1.54) is 6.92 Å². The van der Waals surface area contributed by atoms with Crippen LogP contribution in [-0.2, 0) is 9.59 Å². The third-order valence-electron chi connectivity index (χ3n) is 1.24. The molecule has 3 N–H and O–H groups in total. The maximum Gasteiger partial charge on any atom is 0.303 e. The molecule has 5 nitrogen and oxygen atoms in total. The van der Waals surface area contributed by atoms with Crippen molar-refractivity contribution in [3.8, 4) is 0 Å². The van der Waals surface area contributed by atoms with Gasteiger partial charge in [0, 0.05) is 6.42 Å². The number of carboxylic acids is 1. The maximum absolute atomic E-state index is 10.1. The molecule has 0 aromatic carbocycles. The van der Waals surface area contributed by atoms with Crippen LogP contribution in [0.4, 0.5) is 0 Å². The van der Waals surface area contributed by atoms with E-state index >= 15 is 0 Å². The van der Waals surface area contributed by atoms with Crippen molar-refractivity contribution in [3.63, 3.8) is 0 Å². The Labute approximate surface area is 83.4 Å². The molecule has 0 radical (unpaired) electrons. The number of aliphatic hydroxyl groups is 2. The smallest absolute Gasteiger partial charge is 0.303 e. The maximum atomic E-state index is 10.1. The molecule has 84 valence electrons. The van der Waals surface area contributed by atoms with Crippen LogP contribution in [0.1, 0.15) is 39.5 Å². The minimum Gasteiger partial charge on any atom is -0.481 e. The lowest BCUT2D eigenvalue weighted by Crippen LogP contribution is -2.01. The van der Waals surface area contributed by atoms with Crippen LogP contribution in [0.5, 0.6) is 0 Å². The molecular weight excluding hydrogens is 188 g/mol. The fourth-order valence-corrected chi connectivity index (χ4v) is 0.541. The van der Waals surface area contributed by atoms with Crippen molar-refractivity contribution in [2.24, 2.45) is 0 Å². The molecule has 0 saturated heterocycles. The zero-order valence-corrected chi connectivity index (χ0v) is 8.56. The number of aliphatic carboxylic acids is 1. The van der Waals surface area contributed by atoms with Gasteiger partial charge >= 0.3 is 5.97 Å². The van der Waals surface area contributed by atoms with E-state index in [1.807, 2.05) is 6.92 Å². The highest BCUT2D eigenvalue weighted by atomic mass is 16.5. The van der Waals surface area contributed by atoms with Crippen molar-refractivity contribution in [1.29, 1.82) is 0 Å². The van der Waals surface area contributed by atoms with Gasteiger partial charge in [0.25, 0.3) is 0 Å². The predicted molar refractivity (Wildman–Crippen MR) is 50.7 cm³/mol. The standard InChI is InChI=1S/C5H8O3.C4H10O2/c1-4(6)2-3-5(7)8;1-2-3-4(5)6/h2-3H2,1H3,(H,7,8);4-6H,2-3H2,1H3. The fraction of sp³-hybridized carbons (Fsp3) is 0.778. The first-order valence-electron chi connectivity index (χ1n) is 4.47. The third-order valence-corrected chi connectivity index (χ3v) is 1.24. The lowest BCUT2D eigenvalue weighted by Gasteiger charge is -1.94. The highest BCUT2D eigenvalue weighted by molar-refractivity contribution is 5.80. The van der Waals surface area contributed by atoms with Gasteiger partial charge in [0.2, 0.25) is 0 Å². The lowest BCUT2D eigenvalue weighted by atomic mass is 10.2. The van der Waals surface area contributed by atoms with Gasteiger partial charge in [-0.1, -0.05) is 13.3 Å². The summed E-state index contributed by atoms with van der Waals surface area (Å²) in [5.41, 5.74) is 0. The van der Waals surface area contributed by atoms with Gasteiger partial charge in [-0.15, -0.1) is 0 Å². The number of carbonyl (C=O) groups is 2. The second-order valence-electron chi connectivity index (χ2n) is 2.87. The molecule has 0 heterocycles. The molecule has 14 heavy (non-hydrogen) atoms. The summed E-state index contributed by atoms with van der Waals surface area (Å²) in [6.45, 7) is 3.28. The van der Waals surface area contributed by atoms with E-state index in [4.69, 9.17) is 15.3 Å². The Morgan fingerprint density at radius 2 is 1.71 bits per heavy atom. The molecule has 0 saturated carbocycles. The average Bonchev–Trinajstić information content (AvgIpc) is 2.01. The Kier molecular flexibility index (Phi) is 11.3. The first-order valence-corrected chi connectivity index (χ1v) is 4.47. The molecule has 0 bridgehead atoms. The molecule has 0 spiro atoms. The summed E-state index contributed by atoms with van der Waals surface area (Å²) < 4.78 is 0. The quantitative estimate of drug-likeness (QED) is 0.570. The van der Waals surface area contributed by atoms with Crippen LogP contribution < -0.4 is 0 Å². The third kappa shape index (κ3) is 22.5. The van der Waals surface area contributed by atoms with Gasteiger partial charge in [-0.2, -0.15) is 0 Å². The number of carbonyl (C=O) groups excluding carboxylic acids is 1. The fourth-order valence-electron chi connectivity index (χ4n) is 0.541. The van der Waals surface area contributed by atoms with E-state index in [0.717, 1.165) is 6.42 Å². The molecule has 5 heteroatoms. The normalized spacial score (nSPS) is 9.21. The van der Waals surface area contributed by atoms with Gasteiger partial charge in [-0.25, -0.2) is 0 Å². The highest BCUT2D eigenvalue weighted by Gasteiger charge is 1.97. The van der Waals surface area contributed by atoms with E-state index in [-0.39, 0.29) is 18.6 Å². The van der Waals surface area contributed by atoms with Crippen molar-refractivity contribution < 1.29 is 24.9 Å². The Morgan fingerprint density at radius 3 is 1.79 bits per heavy atom. The Balaban J connectivity index is 0. The molecule has 0 fully saturated rings. The zero-order chi connectivity index (χ0) is 11.6. The number of aliphatic hydroxyl groups excluding tert-OH is 1. The van der Waals surface area contributed by atoms with Gasteiger partial charge in [0.1, 0.15) is 5.78 Å². The van der Waals surface area contributed by atoms with Crippen molar-refractivity contribution in [2.75, 3.05) is 0 Å². The Morgan fingerprint density at radius 1 is 1.21 bits per heavy atom. The molecule has 0 aromatic rings. The topological polar surface area (TPSA) is 94.8 Å². The molecule has 0 amide bonds. The molecule has 0 atom stereocenters. The largest absolute Gasteiger partial charge is 0.481 e. The molecule has 0 rings (SSSR count). The number of hydrogen-bond acceptors (Lipinski definition) is 4. The monoisotopic (exact) mass is 206 g/mol. The van der Waals surface area contributed by atoms with Gasteiger partial charge < -0.3 is 20.1 Å². The predicted octanol–water partition coefficient (Wildman–Crippen LogP) is 0.537. The van der Waals surface area contributed by atoms with Crippen LogP contribution in [0.3, 0.4) is 0 Å². The summed E-state index contributed by atoms with van der Waals surface area (Å²) in [5.74, 6) is -0.993. The van der Waals surface area contributed by atoms with E-state index in [9.17, 15) is 9.59 Å². The van der Waals surface area contributed by atoms with Crippen molar-refractivity contribution in [3.05, 3.63) is 0 Å². The number of carboxylic acid groups (broad SMARTS) is 1. The highest BCUT2D eigenvalue weighted by Crippen LogP contribution is 1.88. The van der Waals surface area contributed by atoms with Crippen LogP contribution in [0.2, 0.25) is 0 Å². The minimum atomic E-state index is -1.10. The molecule has 0 aromatic heterocycles. The first kappa shape index (κ1) is 15.5. The van der Waals surface area contributed by atoms with E-state index in [2.05, 4.69) is 0 Å².